The third-order valence-electron chi connectivity index (χ3n) is 3.20. The first-order valence-corrected chi connectivity index (χ1v) is 7.85. The zero-order chi connectivity index (χ0) is 13.9. The van der Waals surface area contributed by atoms with Gasteiger partial charge in [0.05, 0.1) is 6.54 Å². The molecule has 0 saturated carbocycles. The van der Waals surface area contributed by atoms with E-state index >= 15 is 0 Å². The lowest BCUT2D eigenvalue weighted by atomic mass is 10.2. The molecule has 0 aliphatic carbocycles. The Bertz CT molecular complexity index is 604. The Kier molecular flexibility index (Phi) is 3.88. The summed E-state index contributed by atoms with van der Waals surface area (Å²) in [4.78, 5) is 6.45. The average molecular weight is 295 g/mol. The quantitative estimate of drug-likeness (QED) is 0.857. The van der Waals surface area contributed by atoms with Crippen LogP contribution in [-0.2, 0) is 17.3 Å². The predicted molar refractivity (Wildman–Crippen MR) is 72.8 cm³/mol. The summed E-state index contributed by atoms with van der Waals surface area (Å²) in [5, 5.41) is 3.90. The van der Waals surface area contributed by atoms with Crippen LogP contribution in [0.25, 0.3) is 11.4 Å². The monoisotopic (exact) mass is 295 g/mol. The molecular weight excluding hydrogens is 281 g/mol. The zero-order valence-corrected chi connectivity index (χ0v) is 11.6. The summed E-state index contributed by atoms with van der Waals surface area (Å²) >= 11 is 0. The fourth-order valence-corrected chi connectivity index (χ4v) is 3.19. The molecule has 0 unspecified atom stereocenters. The molecule has 3 rings (SSSR count). The van der Waals surface area contributed by atoms with E-state index in [9.17, 15) is 8.60 Å². The van der Waals surface area contributed by atoms with Crippen molar-refractivity contribution in [1.29, 1.82) is 0 Å². The summed E-state index contributed by atoms with van der Waals surface area (Å²) in [6.45, 7) is 2.12. The van der Waals surface area contributed by atoms with Gasteiger partial charge in [-0.05, 0) is 24.3 Å². The van der Waals surface area contributed by atoms with Gasteiger partial charge >= 0.3 is 0 Å². The van der Waals surface area contributed by atoms with Gasteiger partial charge in [-0.15, -0.1) is 0 Å². The molecule has 5 nitrogen and oxygen atoms in total. The van der Waals surface area contributed by atoms with Crippen molar-refractivity contribution in [2.45, 2.75) is 6.54 Å². The normalized spacial score (nSPS) is 17.4. The highest BCUT2D eigenvalue weighted by atomic mass is 32.2. The van der Waals surface area contributed by atoms with E-state index in [1.54, 1.807) is 12.1 Å². The molecule has 2 aromatic rings. The van der Waals surface area contributed by atoms with Crippen LogP contribution in [0.1, 0.15) is 5.89 Å². The molecule has 1 aliphatic rings. The van der Waals surface area contributed by atoms with Crippen LogP contribution in [0.15, 0.2) is 28.8 Å². The lowest BCUT2D eigenvalue weighted by Gasteiger charge is -2.24. The van der Waals surface area contributed by atoms with Crippen LogP contribution in [0.2, 0.25) is 0 Å². The van der Waals surface area contributed by atoms with Crippen molar-refractivity contribution in [3.63, 3.8) is 0 Å². The van der Waals surface area contributed by atoms with Crippen molar-refractivity contribution in [2.24, 2.45) is 0 Å². The fraction of sp³-hybridized carbons (Fsp3) is 0.385. The van der Waals surface area contributed by atoms with Gasteiger partial charge in [0.15, 0.2) is 0 Å². The second-order valence-corrected chi connectivity index (χ2v) is 6.34. The van der Waals surface area contributed by atoms with Crippen molar-refractivity contribution in [3.05, 3.63) is 36.0 Å². The lowest BCUT2D eigenvalue weighted by molar-refractivity contribution is 0.244. The van der Waals surface area contributed by atoms with Crippen molar-refractivity contribution < 1.29 is 13.1 Å². The Morgan fingerprint density at radius 2 is 1.95 bits per heavy atom. The first kappa shape index (κ1) is 13.4. The minimum atomic E-state index is -0.689. The first-order chi connectivity index (χ1) is 9.70. The molecule has 0 spiro atoms. The molecule has 7 heteroatoms. The number of hydrogen-bond acceptors (Lipinski definition) is 5. The Balaban J connectivity index is 1.67. The van der Waals surface area contributed by atoms with Crippen molar-refractivity contribution in [1.82, 2.24) is 15.0 Å². The number of benzene rings is 1. The second kappa shape index (κ2) is 5.80. The van der Waals surface area contributed by atoms with Gasteiger partial charge in [-0.1, -0.05) is 5.16 Å². The van der Waals surface area contributed by atoms with Gasteiger partial charge < -0.3 is 4.52 Å². The van der Waals surface area contributed by atoms with Gasteiger partial charge in [0.2, 0.25) is 11.7 Å². The maximum Gasteiger partial charge on any atom is 0.241 e. The van der Waals surface area contributed by atoms with Gasteiger partial charge in [0.1, 0.15) is 5.82 Å². The van der Waals surface area contributed by atoms with E-state index in [-0.39, 0.29) is 5.82 Å². The summed E-state index contributed by atoms with van der Waals surface area (Å²) in [6, 6.07) is 5.97. The summed E-state index contributed by atoms with van der Waals surface area (Å²) < 4.78 is 29.3. The summed E-state index contributed by atoms with van der Waals surface area (Å²) in [5.41, 5.74) is 0.723. The minimum absolute atomic E-state index is 0.293. The van der Waals surface area contributed by atoms with E-state index in [0.717, 1.165) is 18.7 Å². The third kappa shape index (κ3) is 3.10. The maximum atomic E-state index is 12.9. The topological polar surface area (TPSA) is 59.2 Å². The van der Waals surface area contributed by atoms with Crippen molar-refractivity contribution in [2.75, 3.05) is 24.6 Å². The van der Waals surface area contributed by atoms with Gasteiger partial charge in [0.25, 0.3) is 0 Å². The highest BCUT2D eigenvalue weighted by Gasteiger charge is 2.18. The van der Waals surface area contributed by atoms with E-state index in [1.165, 1.54) is 12.1 Å². The van der Waals surface area contributed by atoms with Gasteiger partial charge in [0, 0.05) is 41.0 Å². The van der Waals surface area contributed by atoms with Gasteiger partial charge in [-0.25, -0.2) is 4.39 Å². The molecule has 0 bridgehead atoms. The number of hydrogen-bond donors (Lipinski definition) is 0. The van der Waals surface area contributed by atoms with Crippen LogP contribution >= 0.6 is 0 Å². The number of halogens is 1. The molecule has 1 aliphatic heterocycles. The summed E-state index contributed by atoms with van der Waals surface area (Å²) in [7, 11) is -0.689. The van der Waals surface area contributed by atoms with Gasteiger partial charge in [-0.2, -0.15) is 4.98 Å². The SMILES string of the molecule is O=S1CCN(Cc2nc(-c3ccc(F)cc3)no2)CC1. The van der Waals surface area contributed by atoms with E-state index < -0.39 is 10.8 Å². The van der Waals surface area contributed by atoms with Crippen LogP contribution in [0, 0.1) is 5.82 Å². The van der Waals surface area contributed by atoms with E-state index in [0.29, 0.717) is 29.8 Å². The highest BCUT2D eigenvalue weighted by Crippen LogP contribution is 2.17. The zero-order valence-electron chi connectivity index (χ0n) is 10.8. The van der Waals surface area contributed by atoms with Crippen molar-refractivity contribution in [3.8, 4) is 11.4 Å². The van der Waals surface area contributed by atoms with E-state index in [2.05, 4.69) is 15.0 Å². The molecule has 1 fully saturated rings. The Morgan fingerprint density at radius 3 is 2.65 bits per heavy atom. The first-order valence-electron chi connectivity index (χ1n) is 6.36. The van der Waals surface area contributed by atoms with Gasteiger partial charge in [-0.3, -0.25) is 9.11 Å². The molecule has 1 saturated heterocycles. The van der Waals surface area contributed by atoms with Crippen LogP contribution in [0.4, 0.5) is 4.39 Å². The Labute approximate surface area is 118 Å². The minimum Gasteiger partial charge on any atom is -0.338 e. The summed E-state index contributed by atoms with van der Waals surface area (Å²) in [5.74, 6) is 2.08. The molecule has 0 radical (unpaired) electrons. The second-order valence-electron chi connectivity index (χ2n) is 4.64. The van der Waals surface area contributed by atoms with Crippen molar-refractivity contribution >= 4 is 10.8 Å². The highest BCUT2D eigenvalue weighted by molar-refractivity contribution is 7.85. The lowest BCUT2D eigenvalue weighted by Crippen LogP contribution is -2.37. The van der Waals surface area contributed by atoms with Crippen LogP contribution in [0.3, 0.4) is 0 Å². The molecule has 0 N–H and O–H groups in total. The molecule has 0 atom stereocenters. The molecule has 1 aromatic carbocycles. The van der Waals surface area contributed by atoms with E-state index in [4.69, 9.17) is 4.52 Å². The fourth-order valence-electron chi connectivity index (χ4n) is 2.06. The Morgan fingerprint density at radius 1 is 1.25 bits per heavy atom. The average Bonchev–Trinajstić information content (AvgIpc) is 2.91. The van der Waals surface area contributed by atoms with Crippen LogP contribution < -0.4 is 0 Å². The molecule has 2 heterocycles. The molecule has 1 aromatic heterocycles. The molecular formula is C13H14FN3O2S. The molecule has 106 valence electrons. The number of rotatable bonds is 3. The van der Waals surface area contributed by atoms with Crippen LogP contribution in [0.5, 0.6) is 0 Å². The third-order valence-corrected chi connectivity index (χ3v) is 4.48. The number of aromatic nitrogens is 2. The smallest absolute Gasteiger partial charge is 0.241 e. The Hall–Kier alpha value is -1.60. The van der Waals surface area contributed by atoms with E-state index in [1.807, 2.05) is 0 Å². The molecule has 0 amide bonds. The largest absolute Gasteiger partial charge is 0.338 e. The number of nitrogens with zero attached hydrogens (tertiary/aromatic N) is 3. The van der Waals surface area contributed by atoms with Crippen LogP contribution in [-0.4, -0.2) is 43.8 Å². The molecule has 20 heavy (non-hydrogen) atoms. The maximum absolute atomic E-state index is 12.9. The predicted octanol–water partition coefficient (Wildman–Crippen LogP) is 1.44. The summed E-state index contributed by atoms with van der Waals surface area (Å²) in [6.07, 6.45) is 0. The standard InChI is InChI=1S/C13H14FN3O2S/c14-11-3-1-10(2-4-11)13-15-12(19-16-13)9-17-5-7-20(18)8-6-17/h1-4H,5-9H2.